The summed E-state index contributed by atoms with van der Waals surface area (Å²) in [6.07, 6.45) is 1.35. The van der Waals surface area contributed by atoms with Crippen LogP contribution in [0.4, 0.5) is 11.4 Å². The molecule has 1 aromatic rings. The first-order valence-corrected chi connectivity index (χ1v) is 11.0. The molecule has 0 aliphatic carbocycles. The van der Waals surface area contributed by atoms with Crippen LogP contribution in [0.5, 0.6) is 0 Å². The molecule has 0 aromatic heterocycles. The molecule has 160 valence electrons. The molecular weight excluding hydrogens is 398 g/mol. The number of nitro groups is 1. The number of anilines is 1. The Balaban J connectivity index is 1.96. The molecule has 0 bridgehead atoms. The summed E-state index contributed by atoms with van der Waals surface area (Å²) < 4.78 is 27.3. The van der Waals surface area contributed by atoms with Gasteiger partial charge in [-0.05, 0) is 32.0 Å². The topological polar surface area (TPSA) is 107 Å². The van der Waals surface area contributed by atoms with E-state index in [4.69, 9.17) is 0 Å². The molecule has 1 amide bonds. The lowest BCUT2D eigenvalue weighted by atomic mass is 10.1. The zero-order chi connectivity index (χ0) is 21.3. The van der Waals surface area contributed by atoms with Crippen molar-refractivity contribution < 1.29 is 18.1 Å². The minimum absolute atomic E-state index is 0.0906. The van der Waals surface area contributed by atoms with Gasteiger partial charge in [0.25, 0.3) is 5.69 Å². The van der Waals surface area contributed by atoms with Crippen molar-refractivity contribution in [2.75, 3.05) is 58.8 Å². The van der Waals surface area contributed by atoms with Crippen LogP contribution in [0.25, 0.3) is 0 Å². The number of nitro benzene ring substituents is 1. The second kappa shape index (κ2) is 8.25. The van der Waals surface area contributed by atoms with Crippen molar-refractivity contribution in [2.24, 2.45) is 0 Å². The van der Waals surface area contributed by atoms with E-state index in [2.05, 4.69) is 0 Å². The monoisotopic (exact) mass is 425 g/mol. The Hall–Kier alpha value is -2.24. The highest BCUT2D eigenvalue weighted by Gasteiger charge is 2.36. The smallest absolute Gasteiger partial charge is 0.293 e. The summed E-state index contributed by atoms with van der Waals surface area (Å²) in [6.45, 7) is 2.43. The van der Waals surface area contributed by atoms with Gasteiger partial charge in [-0.2, -0.15) is 4.31 Å². The van der Waals surface area contributed by atoms with E-state index in [0.717, 1.165) is 12.5 Å². The van der Waals surface area contributed by atoms with Crippen LogP contribution in [0.2, 0.25) is 0 Å². The van der Waals surface area contributed by atoms with Gasteiger partial charge >= 0.3 is 0 Å². The molecule has 1 atom stereocenters. The number of piperazine rings is 1. The number of sulfonamides is 1. The number of carbonyl (C=O) groups is 1. The Morgan fingerprint density at radius 1 is 1.17 bits per heavy atom. The molecule has 3 rings (SSSR count). The molecular formula is C18H27N5O5S. The minimum Gasteiger partial charge on any atom is -0.354 e. The second-order valence-electron chi connectivity index (χ2n) is 7.70. The largest absolute Gasteiger partial charge is 0.354 e. The highest BCUT2D eigenvalue weighted by molar-refractivity contribution is 7.89. The van der Waals surface area contributed by atoms with E-state index < -0.39 is 21.0 Å². The molecule has 2 fully saturated rings. The van der Waals surface area contributed by atoms with Crippen molar-refractivity contribution in [1.82, 2.24) is 14.1 Å². The number of amides is 1. The van der Waals surface area contributed by atoms with E-state index in [9.17, 15) is 23.3 Å². The van der Waals surface area contributed by atoms with Gasteiger partial charge in [-0.1, -0.05) is 0 Å². The summed E-state index contributed by atoms with van der Waals surface area (Å²) in [5.74, 6) is -0.120. The summed E-state index contributed by atoms with van der Waals surface area (Å²) in [4.78, 5) is 28.8. The summed E-state index contributed by atoms with van der Waals surface area (Å²) in [6, 6.07) is 3.51. The van der Waals surface area contributed by atoms with Crippen molar-refractivity contribution in [2.45, 2.75) is 23.8 Å². The predicted octanol–water partition coefficient (Wildman–Crippen LogP) is 0.588. The molecule has 0 N–H and O–H groups in total. The first-order valence-electron chi connectivity index (χ1n) is 9.58. The van der Waals surface area contributed by atoms with Crippen molar-refractivity contribution >= 4 is 27.3 Å². The van der Waals surface area contributed by atoms with E-state index in [0.29, 0.717) is 39.1 Å². The summed E-state index contributed by atoms with van der Waals surface area (Å²) >= 11 is 0. The van der Waals surface area contributed by atoms with Crippen LogP contribution in [-0.2, 0) is 14.8 Å². The molecule has 11 heteroatoms. The molecule has 2 saturated heterocycles. The van der Waals surface area contributed by atoms with Gasteiger partial charge in [0.1, 0.15) is 11.7 Å². The highest BCUT2D eigenvalue weighted by Crippen LogP contribution is 2.36. The van der Waals surface area contributed by atoms with E-state index in [1.165, 1.54) is 21.3 Å². The lowest BCUT2D eigenvalue weighted by Gasteiger charge is -2.31. The SMILES string of the molecule is CN1CCN(S(=O)(=O)c2ccc(N3CCC[C@@H]3C(=O)N(C)C)c([N+](=O)[O-])c2)CC1. The summed E-state index contributed by atoms with van der Waals surface area (Å²) in [7, 11) is 1.41. The molecule has 2 heterocycles. The highest BCUT2D eigenvalue weighted by atomic mass is 32.2. The third-order valence-corrected chi connectivity index (χ3v) is 7.43. The standard InChI is InChI=1S/C18H27N5O5S/c1-19(2)18(24)16-5-4-8-22(16)15-7-6-14(13-17(15)23(25)26)29(27,28)21-11-9-20(3)10-12-21/h6-7,13,16H,4-5,8-12H2,1-3H3/t16-/m1/s1. The number of nitrogens with zero attached hydrogens (tertiary/aromatic N) is 5. The molecule has 29 heavy (non-hydrogen) atoms. The van der Waals surface area contributed by atoms with E-state index in [1.807, 2.05) is 11.9 Å². The lowest BCUT2D eigenvalue weighted by Crippen LogP contribution is -2.47. The Kier molecular flexibility index (Phi) is 6.11. The summed E-state index contributed by atoms with van der Waals surface area (Å²) in [5.41, 5.74) is -0.0105. The Morgan fingerprint density at radius 2 is 1.83 bits per heavy atom. The van der Waals surface area contributed by atoms with Crippen molar-refractivity contribution in [3.05, 3.63) is 28.3 Å². The van der Waals surface area contributed by atoms with E-state index in [-0.39, 0.29) is 22.2 Å². The number of likely N-dealkylation sites (N-methyl/N-ethyl adjacent to an activating group) is 2. The number of carbonyl (C=O) groups excluding carboxylic acids is 1. The van der Waals surface area contributed by atoms with E-state index in [1.54, 1.807) is 19.0 Å². The van der Waals surface area contributed by atoms with Crippen LogP contribution in [0.1, 0.15) is 12.8 Å². The van der Waals surface area contributed by atoms with Crippen molar-refractivity contribution in [3.63, 3.8) is 0 Å². The van der Waals surface area contributed by atoms with Crippen LogP contribution in [0.3, 0.4) is 0 Å². The lowest BCUT2D eigenvalue weighted by molar-refractivity contribution is -0.384. The van der Waals surface area contributed by atoms with Crippen LogP contribution >= 0.6 is 0 Å². The molecule has 2 aliphatic heterocycles. The van der Waals surface area contributed by atoms with Gasteiger partial charge < -0.3 is 14.7 Å². The van der Waals surface area contributed by atoms with Gasteiger partial charge in [0.15, 0.2) is 0 Å². The Labute approximate surface area is 170 Å². The Bertz CT molecular complexity index is 896. The average molecular weight is 426 g/mol. The van der Waals surface area contributed by atoms with Crippen LogP contribution in [0.15, 0.2) is 23.1 Å². The Morgan fingerprint density at radius 3 is 2.41 bits per heavy atom. The predicted molar refractivity (Wildman–Crippen MR) is 108 cm³/mol. The summed E-state index contributed by atoms with van der Waals surface area (Å²) in [5, 5.41) is 11.8. The second-order valence-corrected chi connectivity index (χ2v) is 9.64. The first-order chi connectivity index (χ1) is 13.6. The molecule has 0 saturated carbocycles. The number of rotatable bonds is 5. The molecule has 0 radical (unpaired) electrons. The van der Waals surface area contributed by atoms with Crippen LogP contribution in [-0.4, -0.2) is 93.3 Å². The quantitative estimate of drug-likeness (QED) is 0.502. The van der Waals surface area contributed by atoms with Crippen LogP contribution in [0, 0.1) is 10.1 Å². The van der Waals surface area contributed by atoms with Crippen molar-refractivity contribution in [1.29, 1.82) is 0 Å². The maximum absolute atomic E-state index is 13.0. The minimum atomic E-state index is -3.82. The first kappa shape index (κ1) is 21.5. The molecule has 2 aliphatic rings. The van der Waals surface area contributed by atoms with Crippen LogP contribution < -0.4 is 4.90 Å². The molecule has 1 aromatic carbocycles. The molecule has 0 unspecified atom stereocenters. The van der Waals surface area contributed by atoms with Gasteiger partial charge in [0.05, 0.1) is 9.82 Å². The number of hydrogen-bond donors (Lipinski definition) is 0. The third-order valence-electron chi connectivity index (χ3n) is 5.53. The van der Waals surface area contributed by atoms with Gasteiger partial charge in [-0.25, -0.2) is 8.42 Å². The maximum Gasteiger partial charge on any atom is 0.293 e. The van der Waals surface area contributed by atoms with Gasteiger partial charge in [0, 0.05) is 52.9 Å². The average Bonchev–Trinajstić information content (AvgIpc) is 3.16. The van der Waals surface area contributed by atoms with Crippen molar-refractivity contribution in [3.8, 4) is 0 Å². The molecule has 10 nitrogen and oxygen atoms in total. The maximum atomic E-state index is 13.0. The fourth-order valence-corrected chi connectivity index (χ4v) is 5.28. The van der Waals surface area contributed by atoms with E-state index >= 15 is 0 Å². The normalized spacial score (nSPS) is 21.3. The zero-order valence-electron chi connectivity index (χ0n) is 16.9. The number of benzene rings is 1. The van der Waals surface area contributed by atoms with Gasteiger partial charge in [-0.15, -0.1) is 0 Å². The van der Waals surface area contributed by atoms with Gasteiger partial charge in [0.2, 0.25) is 15.9 Å². The fraction of sp³-hybridized carbons (Fsp3) is 0.611. The number of hydrogen-bond acceptors (Lipinski definition) is 7. The zero-order valence-corrected chi connectivity index (χ0v) is 17.8. The third kappa shape index (κ3) is 4.21. The fourth-order valence-electron chi connectivity index (χ4n) is 3.84. The molecule has 0 spiro atoms. The van der Waals surface area contributed by atoms with Gasteiger partial charge in [-0.3, -0.25) is 14.9 Å².